The number of likely N-dealkylation sites (N-methyl/N-ethyl adjacent to an activating group) is 1. The molecule has 0 aliphatic carbocycles. The second-order valence-corrected chi connectivity index (χ2v) is 5.89. The standard InChI is InChI=1S/C14H24N4/c1-11(15)13-6-5-12(9-16-13)18-8-7-17(4)14(2,3)10-18/h5-6,9,11H,7-8,10,15H2,1-4H3. The molecule has 1 aromatic rings. The summed E-state index contributed by atoms with van der Waals surface area (Å²) in [5.41, 5.74) is 8.17. The van der Waals surface area contributed by atoms with E-state index in [2.05, 4.69) is 41.7 Å². The van der Waals surface area contributed by atoms with Gasteiger partial charge in [-0.3, -0.25) is 9.88 Å². The zero-order valence-electron chi connectivity index (χ0n) is 11.8. The summed E-state index contributed by atoms with van der Waals surface area (Å²) in [4.78, 5) is 9.25. The third-order valence-electron chi connectivity index (χ3n) is 3.92. The zero-order valence-corrected chi connectivity index (χ0v) is 11.8. The first kappa shape index (κ1) is 13.3. The maximum absolute atomic E-state index is 5.82. The smallest absolute Gasteiger partial charge is 0.0569 e. The van der Waals surface area contributed by atoms with E-state index in [1.807, 2.05) is 19.2 Å². The molecule has 1 aliphatic rings. The zero-order chi connectivity index (χ0) is 13.3. The third-order valence-corrected chi connectivity index (χ3v) is 3.92. The van der Waals surface area contributed by atoms with Crippen LogP contribution in [0.25, 0.3) is 0 Å². The van der Waals surface area contributed by atoms with Crippen LogP contribution in [0.1, 0.15) is 32.5 Å². The number of aromatic nitrogens is 1. The Kier molecular flexibility index (Phi) is 3.59. The van der Waals surface area contributed by atoms with Gasteiger partial charge in [0.25, 0.3) is 0 Å². The maximum Gasteiger partial charge on any atom is 0.0569 e. The molecular weight excluding hydrogens is 224 g/mol. The Hall–Kier alpha value is -1.13. The van der Waals surface area contributed by atoms with E-state index >= 15 is 0 Å². The first-order valence-corrected chi connectivity index (χ1v) is 6.58. The number of pyridine rings is 1. The highest BCUT2D eigenvalue weighted by Crippen LogP contribution is 2.24. The van der Waals surface area contributed by atoms with Crippen LogP contribution in [0.3, 0.4) is 0 Å². The summed E-state index contributed by atoms with van der Waals surface area (Å²) >= 11 is 0. The minimum Gasteiger partial charge on any atom is -0.367 e. The average Bonchev–Trinajstić information content (AvgIpc) is 2.33. The molecule has 0 radical (unpaired) electrons. The first-order chi connectivity index (χ1) is 8.40. The molecule has 4 nitrogen and oxygen atoms in total. The predicted octanol–water partition coefficient (Wildman–Crippen LogP) is 1.63. The van der Waals surface area contributed by atoms with Gasteiger partial charge < -0.3 is 10.6 Å². The van der Waals surface area contributed by atoms with Crippen molar-refractivity contribution in [2.45, 2.75) is 32.4 Å². The van der Waals surface area contributed by atoms with Crippen molar-refractivity contribution in [2.75, 3.05) is 31.6 Å². The number of anilines is 1. The molecule has 1 fully saturated rings. The van der Waals surface area contributed by atoms with E-state index in [1.165, 1.54) is 5.69 Å². The van der Waals surface area contributed by atoms with Crippen LogP contribution in [-0.4, -0.2) is 42.1 Å². The van der Waals surface area contributed by atoms with Crippen LogP contribution in [0.5, 0.6) is 0 Å². The summed E-state index contributed by atoms with van der Waals surface area (Å²) in [6.07, 6.45) is 1.94. The molecule has 100 valence electrons. The molecule has 0 spiro atoms. The fourth-order valence-electron chi connectivity index (χ4n) is 2.31. The molecule has 18 heavy (non-hydrogen) atoms. The van der Waals surface area contributed by atoms with Gasteiger partial charge in [0.05, 0.1) is 17.6 Å². The summed E-state index contributed by atoms with van der Waals surface area (Å²) in [6, 6.07) is 4.17. The van der Waals surface area contributed by atoms with E-state index in [0.29, 0.717) is 0 Å². The normalized spacial score (nSPS) is 21.9. The molecule has 1 aliphatic heterocycles. The van der Waals surface area contributed by atoms with Gasteiger partial charge in [-0.1, -0.05) is 0 Å². The van der Waals surface area contributed by atoms with Gasteiger partial charge in [0, 0.05) is 31.2 Å². The SMILES string of the molecule is CC(N)c1ccc(N2CCN(C)C(C)(C)C2)cn1. The van der Waals surface area contributed by atoms with E-state index in [0.717, 1.165) is 25.3 Å². The largest absolute Gasteiger partial charge is 0.367 e. The van der Waals surface area contributed by atoms with E-state index < -0.39 is 0 Å². The number of nitrogens with two attached hydrogens (primary N) is 1. The summed E-state index contributed by atoms with van der Waals surface area (Å²) in [5.74, 6) is 0. The van der Waals surface area contributed by atoms with Gasteiger partial charge in [-0.2, -0.15) is 0 Å². The Morgan fingerprint density at radius 3 is 2.56 bits per heavy atom. The maximum atomic E-state index is 5.82. The second-order valence-electron chi connectivity index (χ2n) is 5.89. The van der Waals surface area contributed by atoms with Gasteiger partial charge in [-0.25, -0.2) is 0 Å². The lowest BCUT2D eigenvalue weighted by Crippen LogP contribution is -2.57. The fraction of sp³-hybridized carbons (Fsp3) is 0.643. The van der Waals surface area contributed by atoms with Crippen molar-refractivity contribution in [3.8, 4) is 0 Å². The van der Waals surface area contributed by atoms with Crippen molar-refractivity contribution < 1.29 is 0 Å². The van der Waals surface area contributed by atoms with Crippen molar-refractivity contribution in [2.24, 2.45) is 5.73 Å². The molecule has 1 atom stereocenters. The van der Waals surface area contributed by atoms with Crippen LogP contribution in [0.15, 0.2) is 18.3 Å². The second kappa shape index (κ2) is 4.86. The lowest BCUT2D eigenvalue weighted by atomic mass is 9.99. The molecule has 1 saturated heterocycles. The van der Waals surface area contributed by atoms with Crippen LogP contribution < -0.4 is 10.6 Å². The number of hydrogen-bond donors (Lipinski definition) is 1. The monoisotopic (exact) mass is 248 g/mol. The Morgan fingerprint density at radius 2 is 2.06 bits per heavy atom. The van der Waals surface area contributed by atoms with Crippen molar-refractivity contribution in [1.82, 2.24) is 9.88 Å². The Balaban J connectivity index is 2.13. The van der Waals surface area contributed by atoms with Crippen LogP contribution in [0, 0.1) is 0 Å². The highest BCUT2D eigenvalue weighted by Gasteiger charge is 2.31. The van der Waals surface area contributed by atoms with Crippen molar-refractivity contribution >= 4 is 5.69 Å². The molecule has 0 saturated carbocycles. The predicted molar refractivity (Wildman–Crippen MR) is 75.8 cm³/mol. The average molecular weight is 248 g/mol. The lowest BCUT2D eigenvalue weighted by Gasteiger charge is -2.46. The van der Waals surface area contributed by atoms with Crippen LogP contribution >= 0.6 is 0 Å². The minimum atomic E-state index is 0.00276. The van der Waals surface area contributed by atoms with Crippen LogP contribution in [-0.2, 0) is 0 Å². The third kappa shape index (κ3) is 2.65. The van der Waals surface area contributed by atoms with Crippen molar-refractivity contribution in [1.29, 1.82) is 0 Å². The van der Waals surface area contributed by atoms with Crippen molar-refractivity contribution in [3.05, 3.63) is 24.0 Å². The molecule has 2 heterocycles. The number of nitrogens with zero attached hydrogens (tertiary/aromatic N) is 3. The van der Waals surface area contributed by atoms with Gasteiger partial charge in [0.2, 0.25) is 0 Å². The molecule has 4 heteroatoms. The highest BCUT2D eigenvalue weighted by atomic mass is 15.3. The van der Waals surface area contributed by atoms with E-state index in [4.69, 9.17) is 5.73 Å². The van der Waals surface area contributed by atoms with E-state index in [9.17, 15) is 0 Å². The Labute approximate surface area is 110 Å². The van der Waals surface area contributed by atoms with Crippen LogP contribution in [0.2, 0.25) is 0 Å². The summed E-state index contributed by atoms with van der Waals surface area (Å²) in [5, 5.41) is 0. The van der Waals surface area contributed by atoms with Gasteiger partial charge >= 0.3 is 0 Å². The molecule has 2 rings (SSSR count). The van der Waals surface area contributed by atoms with Crippen molar-refractivity contribution in [3.63, 3.8) is 0 Å². The molecule has 1 unspecified atom stereocenters. The van der Waals surface area contributed by atoms with Gasteiger partial charge in [-0.05, 0) is 40.0 Å². The number of hydrogen-bond acceptors (Lipinski definition) is 4. The molecule has 0 aromatic carbocycles. The first-order valence-electron chi connectivity index (χ1n) is 6.58. The molecule has 0 amide bonds. The van der Waals surface area contributed by atoms with Gasteiger partial charge in [0.15, 0.2) is 0 Å². The lowest BCUT2D eigenvalue weighted by molar-refractivity contribution is 0.139. The molecular formula is C14H24N4. The molecule has 2 N–H and O–H groups in total. The fourth-order valence-corrected chi connectivity index (χ4v) is 2.31. The van der Waals surface area contributed by atoms with E-state index in [-0.39, 0.29) is 11.6 Å². The Bertz CT molecular complexity index is 397. The highest BCUT2D eigenvalue weighted by molar-refractivity contribution is 5.46. The number of rotatable bonds is 2. The van der Waals surface area contributed by atoms with E-state index in [1.54, 1.807) is 0 Å². The summed E-state index contributed by atoms with van der Waals surface area (Å²) < 4.78 is 0. The summed E-state index contributed by atoms with van der Waals surface area (Å²) in [6.45, 7) is 9.69. The molecule has 1 aromatic heterocycles. The van der Waals surface area contributed by atoms with Gasteiger partial charge in [0.1, 0.15) is 0 Å². The minimum absolute atomic E-state index is 0.00276. The quantitative estimate of drug-likeness (QED) is 0.864. The van der Waals surface area contributed by atoms with Gasteiger partial charge in [-0.15, -0.1) is 0 Å². The number of piperazine rings is 1. The summed E-state index contributed by atoms with van der Waals surface area (Å²) in [7, 11) is 2.19. The topological polar surface area (TPSA) is 45.4 Å². The Morgan fingerprint density at radius 1 is 1.33 bits per heavy atom. The molecule has 0 bridgehead atoms. The van der Waals surface area contributed by atoms with Crippen LogP contribution in [0.4, 0.5) is 5.69 Å².